The minimum Gasteiger partial charge on any atom is -0.437 e. The molecule has 1 aromatic carbocycles. The van der Waals surface area contributed by atoms with Crippen molar-refractivity contribution in [1.82, 2.24) is 10.2 Å². The highest BCUT2D eigenvalue weighted by atomic mass is 35.5. The first-order chi connectivity index (χ1) is 8.99. The Morgan fingerprint density at radius 1 is 1.26 bits per heavy atom. The predicted molar refractivity (Wildman–Crippen MR) is 69.7 cm³/mol. The van der Waals surface area contributed by atoms with Gasteiger partial charge in [-0.25, -0.2) is 0 Å². The number of non-ortho nitro benzene ring substituents is 1. The standard InChI is InChI=1S/C12H10ClN3O3/c1-7-8(2)12(15-14-11(7)13)19-10-5-3-4-9(6-10)16(17)18/h3-6H,1-2H3. The third-order valence-electron chi connectivity index (χ3n) is 2.66. The van der Waals surface area contributed by atoms with Crippen LogP contribution in [0, 0.1) is 24.0 Å². The van der Waals surface area contributed by atoms with E-state index >= 15 is 0 Å². The molecule has 0 saturated carbocycles. The molecule has 0 unspecified atom stereocenters. The van der Waals surface area contributed by atoms with E-state index in [4.69, 9.17) is 16.3 Å². The zero-order valence-corrected chi connectivity index (χ0v) is 11.0. The maximum atomic E-state index is 10.7. The van der Waals surface area contributed by atoms with Crippen LogP contribution in [0.4, 0.5) is 5.69 Å². The number of hydrogen-bond donors (Lipinski definition) is 0. The lowest BCUT2D eigenvalue weighted by Gasteiger charge is -2.09. The third kappa shape index (κ3) is 2.79. The van der Waals surface area contributed by atoms with Gasteiger partial charge in [0, 0.05) is 11.6 Å². The Labute approximate surface area is 114 Å². The highest BCUT2D eigenvalue weighted by Crippen LogP contribution is 2.28. The average Bonchev–Trinajstić information content (AvgIpc) is 2.40. The Hall–Kier alpha value is -2.21. The van der Waals surface area contributed by atoms with E-state index in [0.717, 1.165) is 11.1 Å². The van der Waals surface area contributed by atoms with Crippen LogP contribution >= 0.6 is 11.6 Å². The van der Waals surface area contributed by atoms with Gasteiger partial charge in [-0.2, -0.15) is 0 Å². The summed E-state index contributed by atoms with van der Waals surface area (Å²) < 4.78 is 5.50. The summed E-state index contributed by atoms with van der Waals surface area (Å²) in [5, 5.41) is 18.6. The normalized spacial score (nSPS) is 10.3. The van der Waals surface area contributed by atoms with E-state index in [0.29, 0.717) is 10.9 Å². The summed E-state index contributed by atoms with van der Waals surface area (Å²) in [6, 6.07) is 5.86. The number of aromatic nitrogens is 2. The Bertz CT molecular complexity index is 646. The molecule has 0 radical (unpaired) electrons. The van der Waals surface area contributed by atoms with Crippen molar-refractivity contribution in [3.63, 3.8) is 0 Å². The van der Waals surface area contributed by atoms with Gasteiger partial charge in [0.2, 0.25) is 5.88 Å². The van der Waals surface area contributed by atoms with E-state index < -0.39 is 4.92 Å². The van der Waals surface area contributed by atoms with Crippen molar-refractivity contribution < 1.29 is 9.66 Å². The fourth-order valence-corrected chi connectivity index (χ4v) is 1.60. The number of ether oxygens (including phenoxy) is 1. The first kappa shape index (κ1) is 13.2. The quantitative estimate of drug-likeness (QED) is 0.635. The molecule has 2 rings (SSSR count). The third-order valence-corrected chi connectivity index (χ3v) is 3.02. The molecule has 0 aliphatic carbocycles. The molecule has 0 N–H and O–H groups in total. The topological polar surface area (TPSA) is 78.2 Å². The summed E-state index contributed by atoms with van der Waals surface area (Å²) in [5.41, 5.74) is 1.46. The Morgan fingerprint density at radius 3 is 2.68 bits per heavy atom. The number of halogens is 1. The van der Waals surface area contributed by atoms with Gasteiger partial charge in [0.25, 0.3) is 5.69 Å². The van der Waals surface area contributed by atoms with Gasteiger partial charge >= 0.3 is 0 Å². The van der Waals surface area contributed by atoms with Crippen molar-refractivity contribution in [1.29, 1.82) is 0 Å². The predicted octanol–water partition coefficient (Wildman–Crippen LogP) is 3.45. The van der Waals surface area contributed by atoms with Crippen molar-refractivity contribution >= 4 is 17.3 Å². The fourth-order valence-electron chi connectivity index (χ4n) is 1.42. The number of rotatable bonds is 3. The van der Waals surface area contributed by atoms with E-state index in [1.54, 1.807) is 26.0 Å². The molecule has 0 saturated heterocycles. The van der Waals surface area contributed by atoms with Gasteiger partial charge < -0.3 is 4.74 Å². The summed E-state index contributed by atoms with van der Waals surface area (Å²) in [6.45, 7) is 3.59. The Balaban J connectivity index is 2.34. The molecule has 0 fully saturated rings. The van der Waals surface area contributed by atoms with Crippen LogP contribution in [0.15, 0.2) is 24.3 Å². The molecule has 1 aromatic heterocycles. The second-order valence-electron chi connectivity index (χ2n) is 3.90. The Morgan fingerprint density at radius 2 is 2.00 bits per heavy atom. The summed E-state index contributed by atoms with van der Waals surface area (Å²) in [6.07, 6.45) is 0. The lowest BCUT2D eigenvalue weighted by molar-refractivity contribution is -0.384. The lowest BCUT2D eigenvalue weighted by Crippen LogP contribution is -1.98. The van der Waals surface area contributed by atoms with E-state index in [1.165, 1.54) is 12.1 Å². The van der Waals surface area contributed by atoms with Crippen LogP contribution < -0.4 is 4.74 Å². The highest BCUT2D eigenvalue weighted by molar-refractivity contribution is 6.30. The van der Waals surface area contributed by atoms with Gasteiger partial charge in [-0.15, -0.1) is 10.2 Å². The number of nitrogens with zero attached hydrogens (tertiary/aromatic N) is 3. The maximum Gasteiger partial charge on any atom is 0.273 e. The second-order valence-corrected chi connectivity index (χ2v) is 4.26. The van der Waals surface area contributed by atoms with Crippen LogP contribution in [-0.4, -0.2) is 15.1 Å². The molecule has 0 aliphatic rings. The average molecular weight is 280 g/mol. The van der Waals surface area contributed by atoms with Gasteiger partial charge in [-0.05, 0) is 25.5 Å². The van der Waals surface area contributed by atoms with Crippen molar-refractivity contribution in [2.45, 2.75) is 13.8 Å². The van der Waals surface area contributed by atoms with Crippen LogP contribution in [0.2, 0.25) is 5.15 Å². The largest absolute Gasteiger partial charge is 0.437 e. The molecule has 2 aromatic rings. The number of nitro groups is 1. The lowest BCUT2D eigenvalue weighted by atomic mass is 10.2. The molecule has 0 amide bonds. The highest BCUT2D eigenvalue weighted by Gasteiger charge is 2.12. The SMILES string of the molecule is Cc1c(Cl)nnc(Oc2cccc([N+](=O)[O-])c2)c1C. The number of benzene rings is 1. The van der Waals surface area contributed by atoms with Crippen LogP contribution in [0.5, 0.6) is 11.6 Å². The van der Waals surface area contributed by atoms with Gasteiger partial charge in [-0.3, -0.25) is 10.1 Å². The molecule has 98 valence electrons. The van der Waals surface area contributed by atoms with E-state index in [2.05, 4.69) is 10.2 Å². The van der Waals surface area contributed by atoms with E-state index in [1.807, 2.05) is 0 Å². The van der Waals surface area contributed by atoms with E-state index in [9.17, 15) is 10.1 Å². The zero-order valence-electron chi connectivity index (χ0n) is 10.3. The molecular formula is C12H10ClN3O3. The van der Waals surface area contributed by atoms with Crippen LogP contribution in [0.25, 0.3) is 0 Å². The minimum atomic E-state index is -0.488. The van der Waals surface area contributed by atoms with Gasteiger partial charge in [0.1, 0.15) is 5.75 Å². The van der Waals surface area contributed by atoms with Crippen molar-refractivity contribution in [2.24, 2.45) is 0 Å². The molecular weight excluding hydrogens is 270 g/mol. The van der Waals surface area contributed by atoms with Crippen molar-refractivity contribution in [2.75, 3.05) is 0 Å². The molecule has 0 bridgehead atoms. The molecule has 0 spiro atoms. The van der Waals surface area contributed by atoms with Crippen molar-refractivity contribution in [3.05, 3.63) is 50.7 Å². The van der Waals surface area contributed by atoms with Crippen LogP contribution in [-0.2, 0) is 0 Å². The van der Waals surface area contributed by atoms with Gasteiger partial charge in [0.05, 0.1) is 11.0 Å². The number of nitro benzene ring substituents is 1. The summed E-state index contributed by atoms with van der Waals surface area (Å²) in [4.78, 5) is 10.2. The van der Waals surface area contributed by atoms with Gasteiger partial charge in [0.15, 0.2) is 5.15 Å². The first-order valence-electron chi connectivity index (χ1n) is 5.40. The zero-order chi connectivity index (χ0) is 14.0. The van der Waals surface area contributed by atoms with Gasteiger partial charge in [-0.1, -0.05) is 17.7 Å². The first-order valence-corrected chi connectivity index (χ1v) is 5.78. The Kier molecular flexibility index (Phi) is 3.62. The molecule has 6 nitrogen and oxygen atoms in total. The van der Waals surface area contributed by atoms with Crippen LogP contribution in [0.1, 0.15) is 11.1 Å². The molecule has 1 heterocycles. The number of hydrogen-bond acceptors (Lipinski definition) is 5. The smallest absolute Gasteiger partial charge is 0.273 e. The molecule has 0 atom stereocenters. The van der Waals surface area contributed by atoms with Crippen LogP contribution in [0.3, 0.4) is 0 Å². The van der Waals surface area contributed by atoms with E-state index in [-0.39, 0.29) is 11.6 Å². The monoisotopic (exact) mass is 279 g/mol. The summed E-state index contributed by atoms with van der Waals surface area (Å²) in [5.74, 6) is 0.607. The fraction of sp³-hybridized carbons (Fsp3) is 0.167. The summed E-state index contributed by atoms with van der Waals surface area (Å²) >= 11 is 5.84. The molecule has 7 heteroatoms. The molecule has 19 heavy (non-hydrogen) atoms. The second kappa shape index (κ2) is 5.19. The summed E-state index contributed by atoms with van der Waals surface area (Å²) in [7, 11) is 0. The molecule has 0 aliphatic heterocycles. The maximum absolute atomic E-state index is 10.7. The van der Waals surface area contributed by atoms with Crippen molar-refractivity contribution in [3.8, 4) is 11.6 Å². The minimum absolute atomic E-state index is 0.0474.